The van der Waals surface area contributed by atoms with Crippen molar-refractivity contribution in [3.05, 3.63) is 165 Å². The molecular formula is C66H48O. The number of rotatable bonds is 14. The van der Waals surface area contributed by atoms with Gasteiger partial charge in [-0.2, -0.15) is 0 Å². The van der Waals surface area contributed by atoms with Crippen LogP contribution in [0.2, 0.25) is 0 Å². The second-order valence-corrected chi connectivity index (χ2v) is 22.6. The predicted octanol–water partition coefficient (Wildman–Crippen LogP) is 17.2. The third-order valence-electron chi connectivity index (χ3n) is 20.4. The van der Waals surface area contributed by atoms with E-state index in [0.717, 1.165) is 18.8 Å². The highest BCUT2D eigenvalue weighted by Crippen LogP contribution is 2.96. The van der Waals surface area contributed by atoms with Crippen LogP contribution in [0.15, 0.2) is 115 Å². The van der Waals surface area contributed by atoms with Crippen molar-refractivity contribution in [1.82, 2.24) is 0 Å². The van der Waals surface area contributed by atoms with E-state index in [1.54, 1.807) is 98.0 Å². The van der Waals surface area contributed by atoms with E-state index in [-0.39, 0.29) is 28.1 Å². The smallest absolute Gasteiger partial charge is 0.119 e. The SMILES string of the molecule is CCCCCCCCCCCCOc1ccc(C2(c3ccc(C)cc3)C34C5=C6C=CC7c8ccc9c%10ccc%11c%12ccc%13c%14c(c%15c%16c3c6c7c3c8c9c6c%10c%11c(c%14%12)c%15c6c3%16)C42C%13C=C5)cc1. The van der Waals surface area contributed by atoms with Crippen molar-refractivity contribution in [3.63, 3.8) is 0 Å². The van der Waals surface area contributed by atoms with Crippen LogP contribution in [0.25, 0.3) is 103 Å². The molecule has 0 aromatic heterocycles. The topological polar surface area (TPSA) is 9.23 Å². The van der Waals surface area contributed by atoms with Gasteiger partial charge in [0.1, 0.15) is 5.75 Å². The Morgan fingerprint density at radius 2 is 1.03 bits per heavy atom. The molecule has 0 heterocycles. The highest BCUT2D eigenvalue weighted by Gasteiger charge is 2.95. The maximum Gasteiger partial charge on any atom is 0.119 e. The predicted molar refractivity (Wildman–Crippen MR) is 280 cm³/mol. The molecule has 0 N–H and O–H groups in total. The molecule has 12 aromatic carbocycles. The fourth-order valence-corrected chi connectivity index (χ4v) is 18.6. The first kappa shape index (κ1) is 34.8. The molecule has 12 aromatic rings. The van der Waals surface area contributed by atoms with Gasteiger partial charge in [-0.1, -0.05) is 167 Å². The molecule has 0 bridgehead atoms. The molecule has 0 saturated heterocycles. The van der Waals surface area contributed by atoms with Crippen molar-refractivity contribution in [2.45, 2.75) is 106 Å². The van der Waals surface area contributed by atoms with Gasteiger partial charge in [-0.3, -0.25) is 0 Å². The summed E-state index contributed by atoms with van der Waals surface area (Å²) in [5.41, 5.74) is 16.1. The van der Waals surface area contributed by atoms with E-state index in [1.165, 1.54) is 118 Å². The first-order valence-corrected chi connectivity index (χ1v) is 26.1. The monoisotopic (exact) mass is 856 g/mol. The van der Waals surface area contributed by atoms with Crippen molar-refractivity contribution < 1.29 is 4.74 Å². The average Bonchev–Trinajstić information content (AvgIpc) is 4.00. The van der Waals surface area contributed by atoms with E-state index >= 15 is 0 Å². The van der Waals surface area contributed by atoms with E-state index in [1.807, 2.05) is 0 Å². The molecule has 67 heavy (non-hydrogen) atoms. The van der Waals surface area contributed by atoms with Gasteiger partial charge in [0.25, 0.3) is 0 Å². The Kier molecular flexibility index (Phi) is 5.61. The zero-order chi connectivity index (χ0) is 43.2. The number of allylic oxidation sites excluding steroid dienone is 6. The van der Waals surface area contributed by atoms with E-state index in [0.29, 0.717) is 0 Å². The molecule has 0 amide bonds. The summed E-state index contributed by atoms with van der Waals surface area (Å²) in [6.45, 7) is 5.36. The fraction of sp³-hybridized carbons (Fsp3) is 0.273. The molecular weight excluding hydrogens is 809 g/mol. The van der Waals surface area contributed by atoms with Crippen molar-refractivity contribution in [2.75, 3.05) is 6.61 Å². The van der Waals surface area contributed by atoms with Crippen molar-refractivity contribution in [3.8, 4) is 5.75 Å². The van der Waals surface area contributed by atoms with Crippen molar-refractivity contribution >= 4 is 103 Å². The van der Waals surface area contributed by atoms with Crippen LogP contribution in [0.1, 0.15) is 133 Å². The largest absolute Gasteiger partial charge is 0.494 e. The molecule has 1 nitrogen and oxygen atoms in total. The lowest BCUT2D eigenvalue weighted by Crippen LogP contribution is -2.30. The molecule has 2 spiro atoms. The number of hydrogen-bond acceptors (Lipinski definition) is 1. The van der Waals surface area contributed by atoms with Gasteiger partial charge in [-0.05, 0) is 178 Å². The molecule has 1 fully saturated rings. The summed E-state index contributed by atoms with van der Waals surface area (Å²) in [5, 5.41) is 27.9. The van der Waals surface area contributed by atoms with Gasteiger partial charge in [0.05, 0.1) is 6.61 Å². The van der Waals surface area contributed by atoms with Gasteiger partial charge in [0.2, 0.25) is 0 Å². The maximum atomic E-state index is 6.63. The molecule has 0 radical (unpaired) electrons. The van der Waals surface area contributed by atoms with Crippen LogP contribution in [0, 0.1) is 6.92 Å². The van der Waals surface area contributed by atoms with Crippen LogP contribution in [-0.4, -0.2) is 6.61 Å². The highest BCUT2D eigenvalue weighted by atomic mass is 16.5. The lowest BCUT2D eigenvalue weighted by atomic mass is 9.67. The normalized spacial score (nSPS) is 25.2. The molecule has 5 atom stereocenters. The number of ether oxygens (including phenoxy) is 1. The Morgan fingerprint density at radius 3 is 1.75 bits per heavy atom. The quantitative estimate of drug-likeness (QED) is 0.0782. The molecule has 1 saturated carbocycles. The van der Waals surface area contributed by atoms with Crippen LogP contribution < -0.4 is 4.74 Å². The number of aryl methyl sites for hydroxylation is 1. The first-order valence-electron chi connectivity index (χ1n) is 26.1. The Hall–Kier alpha value is -6.44. The number of unbranched alkanes of at least 4 members (excludes halogenated alkanes) is 9. The number of benzene rings is 9. The lowest BCUT2D eigenvalue weighted by Gasteiger charge is -2.34. The van der Waals surface area contributed by atoms with Crippen LogP contribution in [0.3, 0.4) is 0 Å². The number of hydrogen-bond donors (Lipinski definition) is 0. The van der Waals surface area contributed by atoms with Crippen LogP contribution in [-0.2, 0) is 16.2 Å². The Balaban J connectivity index is 0.894. The summed E-state index contributed by atoms with van der Waals surface area (Å²) < 4.78 is 6.63. The first-order chi connectivity index (χ1) is 33.2. The zero-order valence-electron chi connectivity index (χ0n) is 38.2. The summed E-state index contributed by atoms with van der Waals surface area (Å²) in [6, 6.07) is 34.9. The summed E-state index contributed by atoms with van der Waals surface area (Å²) >= 11 is 0. The zero-order valence-corrected chi connectivity index (χ0v) is 38.2. The van der Waals surface area contributed by atoms with E-state index in [4.69, 9.17) is 4.74 Å². The minimum absolute atomic E-state index is 0.228. The second-order valence-electron chi connectivity index (χ2n) is 22.6. The van der Waals surface area contributed by atoms with Gasteiger partial charge in [0.15, 0.2) is 0 Å². The maximum absolute atomic E-state index is 6.63. The lowest BCUT2D eigenvalue weighted by molar-refractivity contribution is 0.304. The van der Waals surface area contributed by atoms with Gasteiger partial charge in [-0.25, -0.2) is 0 Å². The molecule has 7 aliphatic carbocycles. The molecule has 7 aliphatic rings. The van der Waals surface area contributed by atoms with Gasteiger partial charge >= 0.3 is 0 Å². The molecule has 5 unspecified atom stereocenters. The van der Waals surface area contributed by atoms with Gasteiger partial charge in [-0.15, -0.1) is 0 Å². The van der Waals surface area contributed by atoms with Gasteiger partial charge in [0, 0.05) is 28.1 Å². The summed E-state index contributed by atoms with van der Waals surface area (Å²) in [5.74, 6) is 1.52. The van der Waals surface area contributed by atoms with E-state index < -0.39 is 0 Å². The van der Waals surface area contributed by atoms with E-state index in [2.05, 4.69) is 123 Å². The minimum Gasteiger partial charge on any atom is -0.494 e. The summed E-state index contributed by atoms with van der Waals surface area (Å²) in [4.78, 5) is 0. The Morgan fingerprint density at radius 1 is 0.463 bits per heavy atom. The highest BCUT2D eigenvalue weighted by molar-refractivity contribution is 6.61. The molecule has 318 valence electrons. The van der Waals surface area contributed by atoms with Crippen LogP contribution >= 0.6 is 0 Å². The number of fused-ring (bicyclic) bond motifs is 4. The summed E-state index contributed by atoms with van der Waals surface area (Å²) in [7, 11) is 0. The standard InChI is InChI=1S/C66H48O/c1-3-4-5-6-7-8-9-10-11-12-31-67-35-19-17-34(18-20-35)64(33-15-13-32(2)14-16-33)65-44-29-30-45-43-28-26-41-39-24-22-37-36-21-23-38-40-25-27-42(44)52-50(40)55-48(38)46(36)54-47(37)49(39)56-51(41)53(43)63(66(45,64)65)61-59(56)57(54)58(55)60(61)62(52)65/h13-30,40,45H,3-12,31H2,1-2H3. The van der Waals surface area contributed by atoms with Crippen LogP contribution in [0.5, 0.6) is 5.75 Å². The third kappa shape index (κ3) is 3.09. The molecule has 0 aliphatic heterocycles. The molecule has 19 rings (SSSR count). The van der Waals surface area contributed by atoms with E-state index in [9.17, 15) is 0 Å². The van der Waals surface area contributed by atoms with Crippen molar-refractivity contribution in [1.29, 1.82) is 0 Å². The van der Waals surface area contributed by atoms with Gasteiger partial charge < -0.3 is 4.74 Å². The Bertz CT molecular complexity index is 4340. The van der Waals surface area contributed by atoms with Crippen molar-refractivity contribution in [2.24, 2.45) is 0 Å². The molecule has 1 heteroatoms. The minimum atomic E-state index is -0.345. The second kappa shape index (κ2) is 10.8. The Labute approximate surface area is 388 Å². The third-order valence-corrected chi connectivity index (χ3v) is 20.4. The average molecular weight is 857 g/mol. The fourth-order valence-electron chi connectivity index (χ4n) is 18.6. The van der Waals surface area contributed by atoms with Crippen LogP contribution in [0.4, 0.5) is 0 Å². The summed E-state index contributed by atoms with van der Waals surface area (Å²) in [6.07, 6.45) is 24.0.